The van der Waals surface area contributed by atoms with Gasteiger partial charge in [-0.05, 0) is 81.8 Å². The molecule has 38 heavy (non-hydrogen) atoms. The Hall–Kier alpha value is -2.88. The summed E-state index contributed by atoms with van der Waals surface area (Å²) in [4.78, 5) is 28.2. The molecule has 0 bridgehead atoms. The Balaban J connectivity index is 2.02. The number of amides is 2. The van der Waals surface area contributed by atoms with E-state index in [1.807, 2.05) is 45.0 Å². The zero-order valence-corrected chi connectivity index (χ0v) is 24.8. The van der Waals surface area contributed by atoms with Crippen molar-refractivity contribution in [2.24, 2.45) is 0 Å². The molecular formula is C28H31BrClN3O4S. The van der Waals surface area contributed by atoms with E-state index >= 15 is 0 Å². The second-order valence-electron chi connectivity index (χ2n) is 9.29. The van der Waals surface area contributed by atoms with Crippen molar-refractivity contribution in [2.75, 3.05) is 10.8 Å². The highest BCUT2D eigenvalue weighted by Gasteiger charge is 2.32. The quantitative estimate of drug-likeness (QED) is 0.322. The van der Waals surface area contributed by atoms with E-state index in [1.54, 1.807) is 43.3 Å². The minimum absolute atomic E-state index is 0.0509. The maximum atomic E-state index is 13.8. The maximum absolute atomic E-state index is 13.8. The number of rotatable bonds is 10. The highest BCUT2D eigenvalue weighted by Crippen LogP contribution is 2.26. The molecule has 1 atom stereocenters. The van der Waals surface area contributed by atoms with Crippen molar-refractivity contribution in [1.82, 2.24) is 10.2 Å². The fraction of sp³-hybridized carbons (Fsp3) is 0.286. The molecular weight excluding hydrogens is 590 g/mol. The van der Waals surface area contributed by atoms with Gasteiger partial charge in [0, 0.05) is 22.1 Å². The number of hydrogen-bond acceptors (Lipinski definition) is 4. The number of carbonyl (C=O) groups is 2. The van der Waals surface area contributed by atoms with Gasteiger partial charge in [0.1, 0.15) is 12.6 Å². The minimum atomic E-state index is -4.12. The van der Waals surface area contributed by atoms with Crippen LogP contribution in [0.3, 0.4) is 0 Å². The summed E-state index contributed by atoms with van der Waals surface area (Å²) >= 11 is 9.49. The number of anilines is 1. The van der Waals surface area contributed by atoms with E-state index in [0.717, 1.165) is 19.9 Å². The van der Waals surface area contributed by atoms with E-state index in [-0.39, 0.29) is 29.1 Å². The van der Waals surface area contributed by atoms with Crippen molar-refractivity contribution in [3.63, 3.8) is 0 Å². The Bertz CT molecular complexity index is 1380. The Labute approximate surface area is 238 Å². The first-order chi connectivity index (χ1) is 17.9. The molecule has 1 N–H and O–H groups in total. The highest BCUT2D eigenvalue weighted by atomic mass is 79.9. The number of nitrogens with zero attached hydrogens (tertiary/aromatic N) is 2. The van der Waals surface area contributed by atoms with Gasteiger partial charge < -0.3 is 10.2 Å². The van der Waals surface area contributed by atoms with Crippen LogP contribution in [0.4, 0.5) is 5.69 Å². The van der Waals surface area contributed by atoms with Crippen molar-refractivity contribution in [1.29, 1.82) is 0 Å². The smallest absolute Gasteiger partial charge is 0.264 e. The molecule has 2 amide bonds. The van der Waals surface area contributed by atoms with Crippen molar-refractivity contribution in [3.8, 4) is 0 Å². The molecule has 0 aliphatic carbocycles. The average molecular weight is 621 g/mol. The summed E-state index contributed by atoms with van der Waals surface area (Å²) in [7, 11) is -4.12. The van der Waals surface area contributed by atoms with Gasteiger partial charge in [0.15, 0.2) is 0 Å². The van der Waals surface area contributed by atoms with Gasteiger partial charge in [-0.3, -0.25) is 13.9 Å². The van der Waals surface area contributed by atoms with Crippen LogP contribution in [0.1, 0.15) is 31.9 Å². The minimum Gasteiger partial charge on any atom is -0.352 e. The Kier molecular flexibility index (Phi) is 9.98. The Morgan fingerprint density at radius 2 is 1.61 bits per heavy atom. The van der Waals surface area contributed by atoms with Crippen molar-refractivity contribution >= 4 is 55.1 Å². The summed E-state index contributed by atoms with van der Waals surface area (Å²) in [5.41, 5.74) is 1.98. The van der Waals surface area contributed by atoms with Crippen LogP contribution in [-0.4, -0.2) is 43.8 Å². The lowest BCUT2D eigenvalue weighted by Crippen LogP contribution is -2.52. The largest absolute Gasteiger partial charge is 0.352 e. The molecule has 10 heteroatoms. The molecule has 0 aliphatic heterocycles. The molecule has 0 heterocycles. The predicted octanol–water partition coefficient (Wildman–Crippen LogP) is 5.55. The van der Waals surface area contributed by atoms with Crippen molar-refractivity contribution < 1.29 is 18.0 Å². The van der Waals surface area contributed by atoms with E-state index in [4.69, 9.17) is 11.6 Å². The highest BCUT2D eigenvalue weighted by molar-refractivity contribution is 9.10. The SMILES string of the molecule is Cc1ccc(S(=O)(=O)N(CC(=O)N(Cc2cccc(Br)c2)[C@H](C)C(=O)NC(C)C)c2ccc(Cl)cc2)cc1. The number of carbonyl (C=O) groups excluding carboxylic acids is 2. The lowest BCUT2D eigenvalue weighted by atomic mass is 10.1. The number of nitrogens with one attached hydrogen (secondary N) is 1. The maximum Gasteiger partial charge on any atom is 0.264 e. The second kappa shape index (κ2) is 12.8. The zero-order chi connectivity index (χ0) is 28.0. The van der Waals surface area contributed by atoms with Crippen molar-refractivity contribution in [3.05, 3.63) is 93.4 Å². The van der Waals surface area contributed by atoms with Crippen LogP contribution in [0, 0.1) is 6.92 Å². The van der Waals surface area contributed by atoms with Crippen LogP contribution < -0.4 is 9.62 Å². The number of aryl methyl sites for hydroxylation is 1. The molecule has 7 nitrogen and oxygen atoms in total. The number of benzene rings is 3. The number of hydrogen-bond donors (Lipinski definition) is 1. The van der Waals surface area contributed by atoms with E-state index < -0.39 is 28.5 Å². The second-order valence-corrected chi connectivity index (χ2v) is 12.5. The van der Waals surface area contributed by atoms with Gasteiger partial charge in [0.05, 0.1) is 10.6 Å². The Morgan fingerprint density at radius 3 is 2.18 bits per heavy atom. The molecule has 0 aliphatic rings. The molecule has 0 fully saturated rings. The molecule has 202 valence electrons. The van der Waals surface area contributed by atoms with Crippen LogP contribution in [-0.2, 0) is 26.2 Å². The summed E-state index contributed by atoms with van der Waals surface area (Å²) in [5, 5.41) is 3.27. The summed E-state index contributed by atoms with van der Waals surface area (Å²) in [6, 6.07) is 19.1. The van der Waals surface area contributed by atoms with Gasteiger partial charge in [-0.1, -0.05) is 57.4 Å². The first-order valence-electron chi connectivity index (χ1n) is 12.1. The molecule has 0 saturated heterocycles. The molecule has 0 spiro atoms. The molecule has 0 aromatic heterocycles. The van der Waals surface area contributed by atoms with Gasteiger partial charge in [0.2, 0.25) is 11.8 Å². The first kappa shape index (κ1) is 29.7. The lowest BCUT2D eigenvalue weighted by Gasteiger charge is -2.32. The Morgan fingerprint density at radius 1 is 0.974 bits per heavy atom. The molecule has 0 radical (unpaired) electrons. The average Bonchev–Trinajstić information content (AvgIpc) is 2.86. The van der Waals surface area contributed by atoms with E-state index in [9.17, 15) is 18.0 Å². The van der Waals surface area contributed by atoms with E-state index in [1.165, 1.54) is 17.0 Å². The zero-order valence-electron chi connectivity index (χ0n) is 21.7. The lowest BCUT2D eigenvalue weighted by molar-refractivity contribution is -0.139. The standard InChI is InChI=1S/C28H31BrClN3O4S/c1-19(2)31-28(35)21(4)32(17-22-6-5-7-23(29)16-22)27(34)18-33(25-12-10-24(30)11-13-25)38(36,37)26-14-8-20(3)9-15-26/h5-16,19,21H,17-18H2,1-4H3,(H,31,35)/t21-/m1/s1. The monoisotopic (exact) mass is 619 g/mol. The van der Waals surface area contributed by atoms with Gasteiger partial charge in [-0.15, -0.1) is 0 Å². The predicted molar refractivity (Wildman–Crippen MR) is 155 cm³/mol. The molecule has 0 saturated carbocycles. The van der Waals surface area contributed by atoms with Gasteiger partial charge >= 0.3 is 0 Å². The summed E-state index contributed by atoms with van der Waals surface area (Å²) in [6.45, 7) is 6.77. The van der Waals surface area contributed by atoms with Gasteiger partial charge in [0.25, 0.3) is 10.0 Å². The fourth-order valence-corrected chi connectivity index (χ4v) is 5.78. The first-order valence-corrected chi connectivity index (χ1v) is 14.7. The molecule has 3 aromatic carbocycles. The van der Waals surface area contributed by atoms with Crippen LogP contribution in [0.15, 0.2) is 82.2 Å². The number of halogens is 2. The summed E-state index contributed by atoms with van der Waals surface area (Å²) in [6.07, 6.45) is 0. The normalized spacial score (nSPS) is 12.2. The summed E-state index contributed by atoms with van der Waals surface area (Å²) < 4.78 is 29.4. The van der Waals surface area contributed by atoms with Gasteiger partial charge in [-0.2, -0.15) is 0 Å². The van der Waals surface area contributed by atoms with Crippen LogP contribution in [0.2, 0.25) is 5.02 Å². The molecule has 0 unspecified atom stereocenters. The van der Waals surface area contributed by atoms with Crippen LogP contribution in [0.25, 0.3) is 0 Å². The third-order valence-electron chi connectivity index (χ3n) is 5.84. The van der Waals surface area contributed by atoms with E-state index in [0.29, 0.717) is 5.02 Å². The van der Waals surface area contributed by atoms with Crippen molar-refractivity contribution in [2.45, 2.75) is 51.2 Å². The van der Waals surface area contributed by atoms with Crippen LogP contribution >= 0.6 is 27.5 Å². The molecule has 3 aromatic rings. The third-order valence-corrected chi connectivity index (χ3v) is 8.38. The third kappa shape index (κ3) is 7.58. The topological polar surface area (TPSA) is 86.8 Å². The van der Waals surface area contributed by atoms with E-state index in [2.05, 4.69) is 21.2 Å². The van der Waals surface area contributed by atoms with Crippen LogP contribution in [0.5, 0.6) is 0 Å². The fourth-order valence-electron chi connectivity index (χ4n) is 3.79. The molecule has 3 rings (SSSR count). The van der Waals surface area contributed by atoms with Gasteiger partial charge in [-0.25, -0.2) is 8.42 Å². The number of sulfonamides is 1. The summed E-state index contributed by atoms with van der Waals surface area (Å²) in [5.74, 6) is -0.857.